The molecule has 1 N–H and O–H groups in total. The highest BCUT2D eigenvalue weighted by Crippen LogP contribution is 2.38. The van der Waals surface area contributed by atoms with E-state index in [1.54, 1.807) is 6.07 Å². The number of benzene rings is 2. The lowest BCUT2D eigenvalue weighted by molar-refractivity contribution is 0.194. The average Bonchev–Trinajstić information content (AvgIpc) is 2.97. The van der Waals surface area contributed by atoms with E-state index in [0.717, 1.165) is 6.54 Å². The maximum Gasteiger partial charge on any atom is 0.115 e. The Morgan fingerprint density at radius 3 is 2.65 bits per heavy atom. The Balaban J connectivity index is 1.85. The molecule has 2 nitrogen and oxygen atoms in total. The van der Waals surface area contributed by atoms with Crippen LogP contribution in [0.5, 0.6) is 5.75 Å². The fourth-order valence-corrected chi connectivity index (χ4v) is 3.26. The quantitative estimate of drug-likeness (QED) is 0.896. The summed E-state index contributed by atoms with van der Waals surface area (Å²) in [7, 11) is 0. The van der Waals surface area contributed by atoms with Crippen LogP contribution in [-0.2, 0) is 0 Å². The van der Waals surface area contributed by atoms with Gasteiger partial charge in [0.05, 0.1) is 0 Å². The molecule has 20 heavy (non-hydrogen) atoms. The predicted octanol–water partition coefficient (Wildman–Crippen LogP) is 4.29. The largest absolute Gasteiger partial charge is 0.508 e. The Kier molecular flexibility index (Phi) is 3.75. The summed E-state index contributed by atoms with van der Waals surface area (Å²) in [6.45, 7) is 3.35. The van der Waals surface area contributed by atoms with Gasteiger partial charge >= 0.3 is 0 Å². The number of hydrogen-bond acceptors (Lipinski definition) is 2. The van der Waals surface area contributed by atoms with E-state index in [-0.39, 0.29) is 0 Å². The Labute approximate surface area is 120 Å². The second-order valence-electron chi connectivity index (χ2n) is 5.58. The fraction of sp³-hybridized carbons (Fsp3) is 0.333. The number of phenols is 1. The van der Waals surface area contributed by atoms with Gasteiger partial charge in [-0.2, -0.15) is 0 Å². The summed E-state index contributed by atoms with van der Waals surface area (Å²) < 4.78 is 0. The van der Waals surface area contributed by atoms with Crippen molar-refractivity contribution < 1.29 is 5.11 Å². The molecule has 0 saturated carbocycles. The molecule has 2 aromatic rings. The van der Waals surface area contributed by atoms with Crippen molar-refractivity contribution in [2.45, 2.75) is 31.8 Å². The summed E-state index contributed by atoms with van der Waals surface area (Å²) in [5, 5.41) is 9.67. The molecular weight excluding hydrogens is 246 g/mol. The normalized spacial score (nSPS) is 20.9. The number of phenolic OH excluding ortho intramolecular Hbond substituents is 1. The molecule has 1 fully saturated rings. The molecule has 3 rings (SSSR count). The summed E-state index contributed by atoms with van der Waals surface area (Å²) >= 11 is 0. The van der Waals surface area contributed by atoms with Crippen LogP contribution in [0, 0.1) is 0 Å². The standard InChI is InChI=1S/C18H21NO/c1-14(16-9-5-10-17(20)13-16)19-12-6-11-18(19)15-7-3-2-4-8-15/h2-5,7-10,13-14,18,20H,6,11-12H2,1H3. The Morgan fingerprint density at radius 1 is 1.10 bits per heavy atom. The van der Waals surface area contributed by atoms with Gasteiger partial charge in [-0.25, -0.2) is 0 Å². The SMILES string of the molecule is CC(c1cccc(O)c1)N1CCCC1c1ccccc1. The molecule has 0 amide bonds. The second-order valence-corrected chi connectivity index (χ2v) is 5.58. The summed E-state index contributed by atoms with van der Waals surface area (Å²) in [6, 6.07) is 19.2. The van der Waals surface area contributed by atoms with E-state index in [2.05, 4.69) is 48.2 Å². The molecule has 0 aliphatic carbocycles. The van der Waals surface area contributed by atoms with Crippen molar-refractivity contribution in [1.29, 1.82) is 0 Å². The maximum absolute atomic E-state index is 9.67. The highest BCUT2D eigenvalue weighted by atomic mass is 16.3. The summed E-state index contributed by atoms with van der Waals surface area (Å²) in [4.78, 5) is 2.55. The smallest absolute Gasteiger partial charge is 0.115 e. The van der Waals surface area contributed by atoms with Crippen LogP contribution < -0.4 is 0 Å². The predicted molar refractivity (Wildman–Crippen MR) is 81.6 cm³/mol. The molecule has 104 valence electrons. The second kappa shape index (κ2) is 5.68. The van der Waals surface area contributed by atoms with Gasteiger partial charge in [-0.05, 0) is 49.6 Å². The zero-order chi connectivity index (χ0) is 13.9. The number of likely N-dealkylation sites (tertiary alicyclic amines) is 1. The first-order valence-electron chi connectivity index (χ1n) is 7.35. The van der Waals surface area contributed by atoms with Gasteiger partial charge in [-0.15, -0.1) is 0 Å². The van der Waals surface area contributed by atoms with E-state index in [0.29, 0.717) is 17.8 Å². The first kappa shape index (κ1) is 13.2. The number of rotatable bonds is 3. The average molecular weight is 267 g/mol. The molecule has 1 heterocycles. The van der Waals surface area contributed by atoms with Crippen molar-refractivity contribution in [3.63, 3.8) is 0 Å². The van der Waals surface area contributed by atoms with E-state index in [1.165, 1.54) is 24.0 Å². The van der Waals surface area contributed by atoms with E-state index < -0.39 is 0 Å². The van der Waals surface area contributed by atoms with Crippen molar-refractivity contribution >= 4 is 0 Å². The van der Waals surface area contributed by atoms with Crippen molar-refractivity contribution in [1.82, 2.24) is 4.90 Å². The molecule has 2 heteroatoms. The minimum Gasteiger partial charge on any atom is -0.508 e. The van der Waals surface area contributed by atoms with Crippen LogP contribution in [0.1, 0.15) is 43.0 Å². The lowest BCUT2D eigenvalue weighted by atomic mass is 10.0. The topological polar surface area (TPSA) is 23.5 Å². The van der Waals surface area contributed by atoms with Gasteiger partial charge < -0.3 is 5.11 Å². The third-order valence-electron chi connectivity index (χ3n) is 4.33. The highest BCUT2D eigenvalue weighted by molar-refractivity contribution is 5.30. The van der Waals surface area contributed by atoms with Crippen molar-refractivity contribution in [2.24, 2.45) is 0 Å². The molecule has 1 aliphatic rings. The Morgan fingerprint density at radius 2 is 1.90 bits per heavy atom. The van der Waals surface area contributed by atoms with E-state index in [9.17, 15) is 5.11 Å². The zero-order valence-corrected chi connectivity index (χ0v) is 11.9. The molecule has 0 radical (unpaired) electrons. The van der Waals surface area contributed by atoms with Crippen LogP contribution >= 0.6 is 0 Å². The van der Waals surface area contributed by atoms with Gasteiger partial charge in [0.25, 0.3) is 0 Å². The van der Waals surface area contributed by atoms with Gasteiger partial charge in [0.15, 0.2) is 0 Å². The molecule has 2 unspecified atom stereocenters. The molecule has 2 aromatic carbocycles. The monoisotopic (exact) mass is 267 g/mol. The minimum absolute atomic E-state index is 0.329. The van der Waals surface area contributed by atoms with Crippen molar-refractivity contribution in [2.75, 3.05) is 6.54 Å². The van der Waals surface area contributed by atoms with Gasteiger partial charge in [-0.3, -0.25) is 4.90 Å². The molecule has 1 saturated heterocycles. The third-order valence-corrected chi connectivity index (χ3v) is 4.33. The summed E-state index contributed by atoms with van der Waals surface area (Å²) in [5.74, 6) is 0.352. The summed E-state index contributed by atoms with van der Waals surface area (Å²) in [5.41, 5.74) is 2.59. The molecule has 0 bridgehead atoms. The van der Waals surface area contributed by atoms with E-state index >= 15 is 0 Å². The summed E-state index contributed by atoms with van der Waals surface area (Å²) in [6.07, 6.45) is 2.45. The van der Waals surface area contributed by atoms with Gasteiger partial charge in [0.1, 0.15) is 5.75 Å². The zero-order valence-electron chi connectivity index (χ0n) is 11.9. The van der Waals surface area contributed by atoms with Crippen LogP contribution in [0.25, 0.3) is 0 Å². The number of aromatic hydroxyl groups is 1. The molecule has 0 aromatic heterocycles. The Bertz CT molecular complexity index is 567. The molecule has 2 atom stereocenters. The molecule has 1 aliphatic heterocycles. The van der Waals surface area contributed by atoms with E-state index in [1.807, 2.05) is 12.1 Å². The van der Waals surface area contributed by atoms with Crippen LogP contribution in [0.3, 0.4) is 0 Å². The fourth-order valence-electron chi connectivity index (χ4n) is 3.26. The lowest BCUT2D eigenvalue weighted by Crippen LogP contribution is -2.26. The van der Waals surface area contributed by atoms with Gasteiger partial charge in [0, 0.05) is 12.1 Å². The van der Waals surface area contributed by atoms with Gasteiger partial charge in [0.2, 0.25) is 0 Å². The van der Waals surface area contributed by atoms with Crippen molar-refractivity contribution in [3.05, 3.63) is 65.7 Å². The van der Waals surface area contributed by atoms with E-state index in [4.69, 9.17) is 0 Å². The first-order valence-corrected chi connectivity index (χ1v) is 7.35. The number of nitrogens with zero attached hydrogens (tertiary/aromatic N) is 1. The van der Waals surface area contributed by atoms with Crippen LogP contribution in [-0.4, -0.2) is 16.6 Å². The molecular formula is C18H21NO. The van der Waals surface area contributed by atoms with Crippen LogP contribution in [0.4, 0.5) is 0 Å². The third kappa shape index (κ3) is 2.56. The van der Waals surface area contributed by atoms with Crippen LogP contribution in [0.2, 0.25) is 0 Å². The Hall–Kier alpha value is -1.80. The highest BCUT2D eigenvalue weighted by Gasteiger charge is 2.30. The minimum atomic E-state index is 0.329. The first-order chi connectivity index (χ1) is 9.75. The van der Waals surface area contributed by atoms with Crippen LogP contribution in [0.15, 0.2) is 54.6 Å². The maximum atomic E-state index is 9.67. The number of hydrogen-bond donors (Lipinski definition) is 1. The lowest BCUT2D eigenvalue weighted by Gasteiger charge is -2.31. The van der Waals surface area contributed by atoms with Crippen molar-refractivity contribution in [3.8, 4) is 5.75 Å². The molecule has 0 spiro atoms. The van der Waals surface area contributed by atoms with Gasteiger partial charge in [-0.1, -0.05) is 42.5 Å².